The normalized spacial score (nSPS) is 16.9. The molecule has 0 spiro atoms. The molecular weight excluding hydrogens is 494 g/mol. The number of rotatable bonds is 0. The summed E-state index contributed by atoms with van der Waals surface area (Å²) >= 11 is 0. The molecule has 5 nitrogen and oxygen atoms in total. The molecule has 7 bridgehead atoms. The van der Waals surface area contributed by atoms with Crippen LogP contribution in [0.15, 0.2) is 134 Å². The third kappa shape index (κ3) is 2.89. The lowest BCUT2D eigenvalue weighted by Crippen LogP contribution is -2.59. The van der Waals surface area contributed by atoms with E-state index in [1.807, 2.05) is 12.1 Å². The number of benzene rings is 3. The first-order valence-corrected chi connectivity index (χ1v) is 13.6. The van der Waals surface area contributed by atoms with E-state index in [1.165, 1.54) is 11.1 Å². The predicted molar refractivity (Wildman–Crippen MR) is 148 cm³/mol. The highest BCUT2D eigenvalue weighted by molar-refractivity contribution is 5.70. The Balaban J connectivity index is 1.62. The van der Waals surface area contributed by atoms with Crippen molar-refractivity contribution in [2.24, 2.45) is 0 Å². The summed E-state index contributed by atoms with van der Waals surface area (Å²) in [5.74, 6) is 3.15. The lowest BCUT2D eigenvalue weighted by atomic mass is 9.89. The Bertz CT molecular complexity index is 1960. The molecule has 3 aliphatic rings. The van der Waals surface area contributed by atoms with Crippen molar-refractivity contribution < 1.29 is 23.2 Å². The molecule has 0 fully saturated rings. The van der Waals surface area contributed by atoms with Crippen molar-refractivity contribution in [1.29, 1.82) is 0 Å². The Labute approximate surface area is 231 Å². The number of fused-ring (bicyclic) bond motifs is 7. The van der Waals surface area contributed by atoms with Gasteiger partial charge in [-0.1, -0.05) is 34.9 Å². The first-order valence-electron chi connectivity index (χ1n) is 13.6. The van der Waals surface area contributed by atoms with Crippen LogP contribution in [-0.4, -0.2) is 0 Å². The summed E-state index contributed by atoms with van der Waals surface area (Å²) in [5, 5.41) is 0. The molecule has 6 heterocycles. The van der Waals surface area contributed by atoms with Crippen molar-refractivity contribution in [3.63, 3.8) is 0 Å². The SMILES string of the molecule is c1cc2c3c(c1)Oc1cccc[n+]1C1c4c(cccc4-c4cccc[n+]4C3c3ccccc3-c3cccc[n+]31)O2. The summed E-state index contributed by atoms with van der Waals surface area (Å²) in [6.07, 6.45) is 6.16. The summed E-state index contributed by atoms with van der Waals surface area (Å²) in [7, 11) is 0. The number of pyridine rings is 3. The fraction of sp³-hybridized carbons (Fsp3) is 0.0571. The van der Waals surface area contributed by atoms with Crippen LogP contribution in [0.3, 0.4) is 0 Å². The number of hydrogen-bond acceptors (Lipinski definition) is 2. The van der Waals surface area contributed by atoms with Gasteiger partial charge in [-0.15, -0.1) is 4.57 Å². The van der Waals surface area contributed by atoms with Gasteiger partial charge in [-0.3, -0.25) is 0 Å². The van der Waals surface area contributed by atoms with E-state index < -0.39 is 0 Å². The summed E-state index contributed by atoms with van der Waals surface area (Å²) in [6, 6.07) is 40.1. The Kier molecular flexibility index (Phi) is 4.38. The van der Waals surface area contributed by atoms with Gasteiger partial charge in [0.15, 0.2) is 18.6 Å². The average Bonchev–Trinajstić information content (AvgIpc) is 3.02. The standard InChI is InChI=1S/C35H24N3O2/c1-2-12-24-23(11-1)26-14-4-7-21-37(26)35-32-25-13-9-16-28(32)39-29-17-10-18-30(40-31-19-5-8-22-38(31)35)33(29)34(24)36-20-6-3-15-27(25)36/h1-22,34-35H/q+3. The second kappa shape index (κ2) is 8.10. The molecule has 188 valence electrons. The van der Waals surface area contributed by atoms with Gasteiger partial charge >= 0.3 is 12.0 Å². The van der Waals surface area contributed by atoms with Crippen LogP contribution in [0.25, 0.3) is 22.5 Å². The van der Waals surface area contributed by atoms with E-state index in [0.29, 0.717) is 0 Å². The van der Waals surface area contributed by atoms with E-state index in [4.69, 9.17) is 9.47 Å². The van der Waals surface area contributed by atoms with Crippen LogP contribution >= 0.6 is 0 Å². The average molecular weight is 519 g/mol. The molecule has 2 unspecified atom stereocenters. The number of hydrogen-bond donors (Lipinski definition) is 0. The van der Waals surface area contributed by atoms with Gasteiger partial charge in [0.2, 0.25) is 17.4 Å². The third-order valence-corrected chi connectivity index (χ3v) is 8.30. The second-order valence-corrected chi connectivity index (χ2v) is 10.4. The van der Waals surface area contributed by atoms with Gasteiger partial charge in [0.05, 0.1) is 17.2 Å². The van der Waals surface area contributed by atoms with E-state index in [9.17, 15) is 0 Å². The molecule has 0 saturated heterocycles. The smallest absolute Gasteiger partial charge is 0.387 e. The Morgan fingerprint density at radius 2 is 1.05 bits per heavy atom. The van der Waals surface area contributed by atoms with E-state index in [2.05, 4.69) is 135 Å². The first kappa shape index (κ1) is 21.6. The zero-order valence-corrected chi connectivity index (χ0v) is 21.5. The molecule has 9 rings (SSSR count). The molecule has 3 aromatic carbocycles. The van der Waals surface area contributed by atoms with Crippen molar-refractivity contribution in [3.05, 3.63) is 151 Å². The molecule has 2 atom stereocenters. The highest BCUT2D eigenvalue weighted by atomic mass is 16.5. The van der Waals surface area contributed by atoms with Crippen LogP contribution < -0.4 is 23.2 Å². The van der Waals surface area contributed by atoms with Gasteiger partial charge < -0.3 is 9.47 Å². The summed E-state index contributed by atoms with van der Waals surface area (Å²) in [4.78, 5) is 0. The van der Waals surface area contributed by atoms with Gasteiger partial charge in [-0.05, 0) is 48.5 Å². The van der Waals surface area contributed by atoms with Crippen molar-refractivity contribution >= 4 is 0 Å². The molecular formula is C35H24N3O2+3. The monoisotopic (exact) mass is 518 g/mol. The summed E-state index contributed by atoms with van der Waals surface area (Å²) in [6.45, 7) is 0. The van der Waals surface area contributed by atoms with Gasteiger partial charge in [0.1, 0.15) is 28.4 Å². The van der Waals surface area contributed by atoms with Gasteiger partial charge in [0, 0.05) is 35.9 Å². The fourth-order valence-electron chi connectivity index (χ4n) is 6.69. The van der Waals surface area contributed by atoms with E-state index in [-0.39, 0.29) is 12.2 Å². The molecule has 6 aromatic rings. The van der Waals surface area contributed by atoms with E-state index >= 15 is 0 Å². The van der Waals surface area contributed by atoms with Crippen LogP contribution in [-0.2, 0) is 0 Å². The highest BCUT2D eigenvalue weighted by Crippen LogP contribution is 2.48. The van der Waals surface area contributed by atoms with Crippen molar-refractivity contribution in [1.82, 2.24) is 0 Å². The number of aromatic nitrogens is 3. The van der Waals surface area contributed by atoms with Crippen molar-refractivity contribution in [3.8, 4) is 45.6 Å². The Hall–Kier alpha value is -5.29. The van der Waals surface area contributed by atoms with E-state index in [1.54, 1.807) is 0 Å². The zero-order valence-electron chi connectivity index (χ0n) is 21.5. The van der Waals surface area contributed by atoms with Crippen molar-refractivity contribution in [2.75, 3.05) is 0 Å². The lowest BCUT2D eigenvalue weighted by molar-refractivity contribution is -0.929. The molecule has 0 saturated carbocycles. The predicted octanol–water partition coefficient (Wildman–Crippen LogP) is 6.14. The molecule has 40 heavy (non-hydrogen) atoms. The maximum atomic E-state index is 6.97. The minimum Gasteiger partial charge on any atom is -0.456 e. The van der Waals surface area contributed by atoms with Gasteiger partial charge in [-0.25, -0.2) is 0 Å². The molecule has 5 heteroatoms. The maximum Gasteiger partial charge on any atom is 0.387 e. The minimum atomic E-state index is -0.303. The Morgan fingerprint density at radius 1 is 0.450 bits per heavy atom. The minimum absolute atomic E-state index is 0.221. The van der Waals surface area contributed by atoms with Crippen LogP contribution in [0.4, 0.5) is 0 Å². The van der Waals surface area contributed by atoms with Gasteiger partial charge in [0.25, 0.3) is 0 Å². The molecule has 0 radical (unpaired) electrons. The highest BCUT2D eigenvalue weighted by Gasteiger charge is 2.48. The maximum absolute atomic E-state index is 6.97. The van der Waals surface area contributed by atoms with E-state index in [0.717, 1.165) is 51.2 Å². The lowest BCUT2D eigenvalue weighted by Gasteiger charge is -2.21. The molecule has 0 N–H and O–H groups in total. The second-order valence-electron chi connectivity index (χ2n) is 10.4. The third-order valence-electron chi connectivity index (χ3n) is 8.30. The number of nitrogens with zero attached hydrogens (tertiary/aromatic N) is 3. The van der Waals surface area contributed by atoms with Crippen LogP contribution in [0.1, 0.15) is 28.9 Å². The largest absolute Gasteiger partial charge is 0.456 e. The first-order chi connectivity index (χ1) is 19.9. The molecule has 3 aromatic heterocycles. The summed E-state index contributed by atoms with van der Waals surface area (Å²) in [5.41, 5.74) is 7.76. The zero-order chi connectivity index (χ0) is 26.2. The quantitative estimate of drug-likeness (QED) is 0.226. The van der Waals surface area contributed by atoms with Crippen LogP contribution in [0.2, 0.25) is 0 Å². The van der Waals surface area contributed by atoms with Gasteiger partial charge in [-0.2, -0.15) is 4.57 Å². The van der Waals surface area contributed by atoms with Crippen LogP contribution in [0.5, 0.6) is 23.1 Å². The Morgan fingerprint density at radius 3 is 1.90 bits per heavy atom. The summed E-state index contributed by atoms with van der Waals surface area (Å²) < 4.78 is 20.8. The molecule has 3 aliphatic heterocycles. The molecule has 0 aliphatic carbocycles. The van der Waals surface area contributed by atoms with Crippen LogP contribution in [0, 0.1) is 0 Å². The molecule has 0 amide bonds. The topological polar surface area (TPSA) is 30.1 Å². The number of ether oxygens (including phenoxy) is 2. The fourth-order valence-corrected chi connectivity index (χ4v) is 6.69. The van der Waals surface area contributed by atoms with Crippen molar-refractivity contribution in [2.45, 2.75) is 12.2 Å².